The summed E-state index contributed by atoms with van der Waals surface area (Å²) in [5.74, 6) is 6.55. The molecule has 1 aliphatic heterocycles. The van der Waals surface area contributed by atoms with Gasteiger partial charge in [-0.1, -0.05) is 12.1 Å². The van der Waals surface area contributed by atoms with Crippen molar-refractivity contribution in [3.05, 3.63) is 29.3 Å². The summed E-state index contributed by atoms with van der Waals surface area (Å²) in [5.41, 5.74) is 5.46. The third-order valence-corrected chi connectivity index (χ3v) is 3.48. The molecular formula is C10H14N2S. The number of thioether (sulfide) groups is 1. The lowest BCUT2D eigenvalue weighted by atomic mass is 10.1. The van der Waals surface area contributed by atoms with Crippen LogP contribution in [0.5, 0.6) is 0 Å². The molecule has 0 bridgehead atoms. The molecule has 3 N–H and O–H groups in total. The van der Waals surface area contributed by atoms with Gasteiger partial charge in [-0.15, -0.1) is 11.8 Å². The number of rotatable bonds is 2. The van der Waals surface area contributed by atoms with E-state index in [0.29, 0.717) is 0 Å². The Morgan fingerprint density at radius 1 is 1.46 bits per heavy atom. The highest BCUT2D eigenvalue weighted by Gasteiger charge is 2.09. The fourth-order valence-corrected chi connectivity index (χ4v) is 2.66. The molecule has 0 atom stereocenters. The Kier molecular flexibility index (Phi) is 2.88. The molecule has 1 aromatic carbocycles. The van der Waals surface area contributed by atoms with Crippen molar-refractivity contribution < 1.29 is 0 Å². The molecule has 0 fully saturated rings. The van der Waals surface area contributed by atoms with E-state index in [2.05, 4.69) is 23.6 Å². The van der Waals surface area contributed by atoms with Crippen molar-refractivity contribution in [3.8, 4) is 0 Å². The Bertz CT molecular complexity index is 299. The summed E-state index contributed by atoms with van der Waals surface area (Å²) in [5, 5.41) is 0. The summed E-state index contributed by atoms with van der Waals surface area (Å²) in [6.45, 7) is 0.762. The number of aryl methyl sites for hydroxylation is 1. The number of nitrogens with two attached hydrogens (primary N) is 1. The summed E-state index contributed by atoms with van der Waals surface area (Å²) >= 11 is 1.96. The molecule has 13 heavy (non-hydrogen) atoms. The molecule has 70 valence electrons. The highest BCUT2D eigenvalue weighted by Crippen LogP contribution is 2.30. The van der Waals surface area contributed by atoms with Gasteiger partial charge in [-0.2, -0.15) is 0 Å². The first-order valence-electron chi connectivity index (χ1n) is 4.58. The van der Waals surface area contributed by atoms with Crippen LogP contribution in [-0.4, -0.2) is 5.75 Å². The van der Waals surface area contributed by atoms with E-state index in [4.69, 9.17) is 5.84 Å². The number of nitrogens with one attached hydrogen (secondary N) is 1. The quantitative estimate of drug-likeness (QED) is 0.556. The first kappa shape index (κ1) is 9.06. The van der Waals surface area contributed by atoms with Gasteiger partial charge in [0.05, 0.1) is 0 Å². The van der Waals surface area contributed by atoms with E-state index in [-0.39, 0.29) is 0 Å². The zero-order valence-electron chi connectivity index (χ0n) is 7.55. The standard InChI is InChI=1S/C10H14N2S/c11-12-7-8-3-4-10-9(6-8)2-1-5-13-10/h3-4,6,12H,1-2,5,7,11H2. The SMILES string of the molecule is NNCc1ccc2c(c1)CCCS2. The van der Waals surface area contributed by atoms with Crippen molar-refractivity contribution in [2.75, 3.05) is 5.75 Å². The molecule has 0 saturated heterocycles. The minimum Gasteiger partial charge on any atom is -0.271 e. The summed E-state index contributed by atoms with van der Waals surface area (Å²) in [6.07, 6.45) is 2.53. The van der Waals surface area contributed by atoms with Gasteiger partial charge in [-0.05, 0) is 35.8 Å². The van der Waals surface area contributed by atoms with E-state index in [1.54, 1.807) is 0 Å². The van der Waals surface area contributed by atoms with Gasteiger partial charge in [0.2, 0.25) is 0 Å². The monoisotopic (exact) mass is 194 g/mol. The van der Waals surface area contributed by atoms with Crippen molar-refractivity contribution >= 4 is 11.8 Å². The van der Waals surface area contributed by atoms with Crippen LogP contribution in [-0.2, 0) is 13.0 Å². The highest BCUT2D eigenvalue weighted by atomic mass is 32.2. The molecule has 0 unspecified atom stereocenters. The van der Waals surface area contributed by atoms with Crippen molar-refractivity contribution in [1.29, 1.82) is 0 Å². The number of fused-ring (bicyclic) bond motifs is 1. The largest absolute Gasteiger partial charge is 0.271 e. The third-order valence-electron chi connectivity index (χ3n) is 2.28. The van der Waals surface area contributed by atoms with Crippen LogP contribution in [0, 0.1) is 0 Å². The van der Waals surface area contributed by atoms with Crippen LogP contribution in [0.25, 0.3) is 0 Å². The molecule has 2 nitrogen and oxygen atoms in total. The number of hydrazine groups is 1. The maximum Gasteiger partial charge on any atom is 0.0348 e. The molecule has 1 heterocycles. The molecule has 1 aliphatic rings. The fourth-order valence-electron chi connectivity index (χ4n) is 1.64. The molecule has 0 aliphatic carbocycles. The topological polar surface area (TPSA) is 38.0 Å². The van der Waals surface area contributed by atoms with Crippen LogP contribution in [0.15, 0.2) is 23.1 Å². The molecular weight excluding hydrogens is 180 g/mol. The Morgan fingerprint density at radius 3 is 3.23 bits per heavy atom. The minimum atomic E-state index is 0.762. The van der Waals surface area contributed by atoms with Crippen LogP contribution in [0.2, 0.25) is 0 Å². The molecule has 3 heteroatoms. The normalized spacial score (nSPS) is 15.5. The molecule has 1 aromatic rings. The van der Waals surface area contributed by atoms with Crippen molar-refractivity contribution in [2.24, 2.45) is 5.84 Å². The van der Waals surface area contributed by atoms with Crippen LogP contribution in [0.3, 0.4) is 0 Å². The van der Waals surface area contributed by atoms with Crippen molar-refractivity contribution in [3.63, 3.8) is 0 Å². The van der Waals surface area contributed by atoms with Crippen molar-refractivity contribution in [2.45, 2.75) is 24.3 Å². The third kappa shape index (κ3) is 2.05. The van der Waals surface area contributed by atoms with Crippen molar-refractivity contribution in [1.82, 2.24) is 5.43 Å². The van der Waals surface area contributed by atoms with Gasteiger partial charge in [0.1, 0.15) is 0 Å². The second kappa shape index (κ2) is 4.13. The van der Waals surface area contributed by atoms with Crippen LogP contribution in [0.1, 0.15) is 17.5 Å². The molecule has 0 saturated carbocycles. The Morgan fingerprint density at radius 2 is 2.38 bits per heavy atom. The van der Waals surface area contributed by atoms with Crippen LogP contribution in [0.4, 0.5) is 0 Å². The lowest BCUT2D eigenvalue weighted by Gasteiger charge is -2.15. The fraction of sp³-hybridized carbons (Fsp3) is 0.400. The maximum atomic E-state index is 5.28. The number of hydrogen-bond acceptors (Lipinski definition) is 3. The van der Waals surface area contributed by atoms with E-state index in [1.165, 1.54) is 34.6 Å². The smallest absolute Gasteiger partial charge is 0.0348 e. The molecule has 0 aromatic heterocycles. The highest BCUT2D eigenvalue weighted by molar-refractivity contribution is 7.99. The zero-order valence-corrected chi connectivity index (χ0v) is 8.36. The lowest BCUT2D eigenvalue weighted by Crippen LogP contribution is -2.20. The van der Waals surface area contributed by atoms with Gasteiger partial charge in [0, 0.05) is 11.4 Å². The van der Waals surface area contributed by atoms with E-state index < -0.39 is 0 Å². The zero-order chi connectivity index (χ0) is 9.10. The van der Waals surface area contributed by atoms with E-state index in [0.717, 1.165) is 6.54 Å². The minimum absolute atomic E-state index is 0.762. The van der Waals surface area contributed by atoms with E-state index >= 15 is 0 Å². The molecule has 0 spiro atoms. The van der Waals surface area contributed by atoms with Gasteiger partial charge in [0.25, 0.3) is 0 Å². The first-order valence-corrected chi connectivity index (χ1v) is 5.57. The first-order chi connectivity index (χ1) is 6.40. The summed E-state index contributed by atoms with van der Waals surface area (Å²) in [6, 6.07) is 6.63. The summed E-state index contributed by atoms with van der Waals surface area (Å²) < 4.78 is 0. The lowest BCUT2D eigenvalue weighted by molar-refractivity contribution is 0.738. The predicted molar refractivity (Wildman–Crippen MR) is 56.5 cm³/mol. The average Bonchev–Trinajstić information content (AvgIpc) is 2.18. The molecule has 0 amide bonds. The van der Waals surface area contributed by atoms with Gasteiger partial charge in [-0.3, -0.25) is 11.3 Å². The maximum absolute atomic E-state index is 5.28. The Balaban J connectivity index is 2.24. The molecule has 0 radical (unpaired) electrons. The van der Waals surface area contributed by atoms with Gasteiger partial charge >= 0.3 is 0 Å². The van der Waals surface area contributed by atoms with Gasteiger partial charge in [-0.25, -0.2) is 0 Å². The second-order valence-electron chi connectivity index (χ2n) is 3.27. The second-order valence-corrected chi connectivity index (χ2v) is 4.41. The Hall–Kier alpha value is -0.510. The molecule has 2 rings (SSSR count). The number of benzene rings is 1. The van der Waals surface area contributed by atoms with E-state index in [9.17, 15) is 0 Å². The summed E-state index contributed by atoms with van der Waals surface area (Å²) in [4.78, 5) is 1.45. The van der Waals surface area contributed by atoms with Crippen LogP contribution < -0.4 is 11.3 Å². The number of hydrogen-bond donors (Lipinski definition) is 2. The van der Waals surface area contributed by atoms with Gasteiger partial charge < -0.3 is 0 Å². The Labute approximate surface area is 82.9 Å². The predicted octanol–water partition coefficient (Wildman–Crippen LogP) is 1.69. The average molecular weight is 194 g/mol. The van der Waals surface area contributed by atoms with Gasteiger partial charge in [0.15, 0.2) is 0 Å². The van der Waals surface area contributed by atoms with Crippen LogP contribution >= 0.6 is 11.8 Å². The van der Waals surface area contributed by atoms with E-state index in [1.807, 2.05) is 11.8 Å². The summed E-state index contributed by atoms with van der Waals surface area (Å²) in [7, 11) is 0.